The molecule has 2 atom stereocenters. The fraction of sp³-hybridized carbons (Fsp3) is 0.556. The van der Waals surface area contributed by atoms with E-state index in [1.165, 1.54) is 12.1 Å². The summed E-state index contributed by atoms with van der Waals surface area (Å²) in [6.07, 6.45) is 9.04. The number of pyridine rings is 1. The van der Waals surface area contributed by atoms with Crippen molar-refractivity contribution in [2.75, 3.05) is 25.0 Å². The SMILES string of the molecule is Cn1cncc1CN1CCCC2(CC(Nc3ccccn3)CO2)C1. The monoisotopic (exact) mass is 327 g/mol. The van der Waals surface area contributed by atoms with E-state index >= 15 is 0 Å². The smallest absolute Gasteiger partial charge is 0.126 e. The second kappa shape index (κ2) is 6.53. The lowest BCUT2D eigenvalue weighted by atomic mass is 9.88. The van der Waals surface area contributed by atoms with Gasteiger partial charge in [0, 0.05) is 39.0 Å². The molecular weight excluding hydrogens is 302 g/mol. The predicted octanol–water partition coefficient (Wildman–Crippen LogP) is 2.05. The fourth-order valence-corrected chi connectivity index (χ4v) is 3.97. The van der Waals surface area contributed by atoms with E-state index in [0.29, 0.717) is 6.04 Å². The summed E-state index contributed by atoms with van der Waals surface area (Å²) in [5.74, 6) is 0.936. The molecule has 2 aromatic heterocycles. The second-order valence-corrected chi connectivity index (χ2v) is 7.06. The Morgan fingerprint density at radius 2 is 2.38 bits per heavy atom. The molecule has 0 bridgehead atoms. The molecule has 2 saturated heterocycles. The van der Waals surface area contributed by atoms with Crippen LogP contribution in [-0.4, -0.2) is 50.8 Å². The molecule has 6 heteroatoms. The van der Waals surface area contributed by atoms with E-state index in [2.05, 4.69) is 31.8 Å². The van der Waals surface area contributed by atoms with Crippen LogP contribution in [0, 0.1) is 0 Å². The van der Waals surface area contributed by atoms with Crippen molar-refractivity contribution in [3.05, 3.63) is 42.6 Å². The van der Waals surface area contributed by atoms with E-state index in [4.69, 9.17) is 4.74 Å². The van der Waals surface area contributed by atoms with Crippen LogP contribution in [0.3, 0.4) is 0 Å². The Morgan fingerprint density at radius 1 is 1.42 bits per heavy atom. The van der Waals surface area contributed by atoms with Gasteiger partial charge in [-0.3, -0.25) is 4.90 Å². The number of nitrogens with zero attached hydrogens (tertiary/aromatic N) is 4. The maximum Gasteiger partial charge on any atom is 0.126 e. The van der Waals surface area contributed by atoms with Crippen molar-refractivity contribution >= 4 is 5.82 Å². The van der Waals surface area contributed by atoms with Gasteiger partial charge < -0.3 is 14.6 Å². The number of ether oxygens (including phenoxy) is 1. The molecule has 0 aliphatic carbocycles. The van der Waals surface area contributed by atoms with Gasteiger partial charge in [-0.15, -0.1) is 0 Å². The normalized spacial score (nSPS) is 27.6. The van der Waals surface area contributed by atoms with Crippen LogP contribution < -0.4 is 5.32 Å². The van der Waals surface area contributed by atoms with Crippen molar-refractivity contribution in [3.63, 3.8) is 0 Å². The van der Waals surface area contributed by atoms with Crippen LogP contribution in [0.2, 0.25) is 0 Å². The van der Waals surface area contributed by atoms with Gasteiger partial charge in [0.25, 0.3) is 0 Å². The van der Waals surface area contributed by atoms with Crippen LogP contribution in [0.4, 0.5) is 5.82 Å². The van der Waals surface area contributed by atoms with Crippen LogP contribution in [-0.2, 0) is 18.3 Å². The number of likely N-dealkylation sites (tertiary alicyclic amines) is 1. The molecular formula is C18H25N5O. The highest BCUT2D eigenvalue weighted by molar-refractivity contribution is 5.35. The molecule has 1 N–H and O–H groups in total. The Bertz CT molecular complexity index is 673. The number of imidazole rings is 1. The van der Waals surface area contributed by atoms with Gasteiger partial charge in [-0.1, -0.05) is 6.07 Å². The molecule has 6 nitrogen and oxygen atoms in total. The first-order valence-electron chi connectivity index (χ1n) is 8.72. The maximum absolute atomic E-state index is 6.29. The summed E-state index contributed by atoms with van der Waals surface area (Å²) >= 11 is 0. The van der Waals surface area contributed by atoms with Gasteiger partial charge in [0.15, 0.2) is 0 Å². The molecule has 2 aromatic rings. The zero-order valence-electron chi connectivity index (χ0n) is 14.2. The minimum atomic E-state index is -0.0106. The van der Waals surface area contributed by atoms with E-state index in [9.17, 15) is 0 Å². The largest absolute Gasteiger partial charge is 0.371 e. The average molecular weight is 327 g/mol. The molecule has 1 spiro atoms. The predicted molar refractivity (Wildman–Crippen MR) is 92.7 cm³/mol. The summed E-state index contributed by atoms with van der Waals surface area (Å²) in [4.78, 5) is 11.1. The number of aromatic nitrogens is 3. The highest BCUT2D eigenvalue weighted by atomic mass is 16.5. The topological polar surface area (TPSA) is 55.2 Å². The van der Waals surface area contributed by atoms with Gasteiger partial charge in [0.2, 0.25) is 0 Å². The Morgan fingerprint density at radius 3 is 3.17 bits per heavy atom. The molecule has 128 valence electrons. The lowest BCUT2D eigenvalue weighted by Gasteiger charge is -2.39. The summed E-state index contributed by atoms with van der Waals surface area (Å²) in [6.45, 7) is 3.84. The van der Waals surface area contributed by atoms with E-state index in [1.54, 1.807) is 0 Å². The van der Waals surface area contributed by atoms with E-state index in [1.807, 2.05) is 36.9 Å². The third-order valence-corrected chi connectivity index (χ3v) is 5.15. The van der Waals surface area contributed by atoms with E-state index in [-0.39, 0.29) is 5.60 Å². The van der Waals surface area contributed by atoms with Crippen LogP contribution >= 0.6 is 0 Å². The molecule has 2 aliphatic heterocycles. The molecule has 4 heterocycles. The fourth-order valence-electron chi connectivity index (χ4n) is 3.97. The summed E-state index contributed by atoms with van der Waals surface area (Å²) in [5.41, 5.74) is 1.25. The Labute approximate surface area is 142 Å². The number of aryl methyl sites for hydroxylation is 1. The third-order valence-electron chi connectivity index (χ3n) is 5.15. The van der Waals surface area contributed by atoms with Crippen molar-refractivity contribution in [1.82, 2.24) is 19.4 Å². The number of anilines is 1. The van der Waals surface area contributed by atoms with Gasteiger partial charge in [-0.2, -0.15) is 0 Å². The molecule has 0 radical (unpaired) electrons. The Kier molecular flexibility index (Phi) is 4.24. The quantitative estimate of drug-likeness (QED) is 0.931. The maximum atomic E-state index is 6.29. The molecule has 2 aliphatic rings. The summed E-state index contributed by atoms with van der Waals surface area (Å²) in [7, 11) is 2.06. The van der Waals surface area contributed by atoms with Crippen LogP contribution in [0.15, 0.2) is 36.9 Å². The zero-order valence-corrected chi connectivity index (χ0v) is 14.2. The summed E-state index contributed by atoms with van der Waals surface area (Å²) < 4.78 is 8.39. The minimum absolute atomic E-state index is 0.0106. The molecule has 0 aromatic carbocycles. The standard InChI is InChI=1S/C18H25N5O/c1-22-14-19-10-16(22)11-23-8-4-6-18(13-23)9-15(12-24-18)21-17-5-2-3-7-20-17/h2-3,5,7,10,14-15H,4,6,8-9,11-13H2,1H3,(H,20,21). The molecule has 24 heavy (non-hydrogen) atoms. The molecule has 2 unspecified atom stereocenters. The van der Waals surface area contributed by atoms with Crippen LogP contribution in [0.25, 0.3) is 0 Å². The third kappa shape index (κ3) is 3.30. The van der Waals surface area contributed by atoms with Crippen molar-refractivity contribution in [2.24, 2.45) is 7.05 Å². The number of nitrogens with one attached hydrogen (secondary N) is 1. The molecule has 4 rings (SSSR count). The zero-order chi connectivity index (χ0) is 16.4. The number of piperidine rings is 1. The number of hydrogen-bond acceptors (Lipinski definition) is 5. The van der Waals surface area contributed by atoms with Crippen molar-refractivity contribution in [1.29, 1.82) is 0 Å². The molecule has 0 amide bonds. The van der Waals surface area contributed by atoms with Crippen molar-refractivity contribution in [3.8, 4) is 0 Å². The first-order valence-corrected chi connectivity index (χ1v) is 8.72. The first kappa shape index (κ1) is 15.6. The van der Waals surface area contributed by atoms with Gasteiger partial charge >= 0.3 is 0 Å². The second-order valence-electron chi connectivity index (χ2n) is 7.06. The van der Waals surface area contributed by atoms with Crippen LogP contribution in [0.5, 0.6) is 0 Å². The molecule has 2 fully saturated rings. The average Bonchev–Trinajstić information content (AvgIpc) is 3.16. The van der Waals surface area contributed by atoms with Gasteiger partial charge in [0.1, 0.15) is 5.82 Å². The molecule has 0 saturated carbocycles. The number of rotatable bonds is 4. The van der Waals surface area contributed by atoms with Gasteiger partial charge in [-0.25, -0.2) is 9.97 Å². The van der Waals surface area contributed by atoms with Gasteiger partial charge in [-0.05, 0) is 31.5 Å². The van der Waals surface area contributed by atoms with Crippen molar-refractivity contribution in [2.45, 2.75) is 37.5 Å². The minimum Gasteiger partial charge on any atom is -0.371 e. The van der Waals surface area contributed by atoms with E-state index in [0.717, 1.165) is 44.9 Å². The lowest BCUT2D eigenvalue weighted by Crippen LogP contribution is -2.47. The van der Waals surface area contributed by atoms with E-state index < -0.39 is 0 Å². The highest BCUT2D eigenvalue weighted by Gasteiger charge is 2.43. The Hall–Kier alpha value is -1.92. The summed E-state index contributed by atoms with van der Waals surface area (Å²) in [5, 5.41) is 3.51. The Balaban J connectivity index is 1.38. The van der Waals surface area contributed by atoms with Crippen LogP contribution in [0.1, 0.15) is 25.0 Å². The van der Waals surface area contributed by atoms with Crippen molar-refractivity contribution < 1.29 is 4.74 Å². The lowest BCUT2D eigenvalue weighted by molar-refractivity contribution is -0.0537. The van der Waals surface area contributed by atoms with Gasteiger partial charge in [0.05, 0.1) is 30.3 Å². The summed E-state index contributed by atoms with van der Waals surface area (Å²) in [6, 6.07) is 6.31. The highest BCUT2D eigenvalue weighted by Crippen LogP contribution is 2.36. The number of hydrogen-bond donors (Lipinski definition) is 1. The first-order chi connectivity index (χ1) is 11.7.